The molecule has 1 aliphatic rings. The van der Waals surface area contributed by atoms with Gasteiger partial charge < -0.3 is 10.1 Å². The quantitative estimate of drug-likeness (QED) is 0.468. The van der Waals surface area contributed by atoms with Crippen LogP contribution in [0.5, 0.6) is 5.75 Å². The molecule has 0 spiro atoms. The number of nitrogens with one attached hydrogen (secondary N) is 1. The molecule has 0 fully saturated rings. The Morgan fingerprint density at radius 3 is 2.40 bits per heavy atom. The summed E-state index contributed by atoms with van der Waals surface area (Å²) >= 11 is 6.38. The average Bonchev–Trinajstić information content (AvgIpc) is 2.78. The van der Waals surface area contributed by atoms with Gasteiger partial charge in [0.1, 0.15) is 17.9 Å². The second kappa shape index (κ2) is 9.55. The number of amides is 1. The summed E-state index contributed by atoms with van der Waals surface area (Å²) in [7, 11) is -4.06. The molecule has 1 unspecified atom stereocenters. The van der Waals surface area contributed by atoms with Crippen molar-refractivity contribution >= 4 is 33.2 Å². The number of hydrogen-bond donors (Lipinski definition) is 1. The molecule has 0 aliphatic carbocycles. The highest BCUT2D eigenvalue weighted by atomic mass is 35.5. The van der Waals surface area contributed by atoms with Crippen LogP contribution in [0.2, 0.25) is 5.02 Å². The maximum absolute atomic E-state index is 13.6. The Kier molecular flexibility index (Phi) is 6.84. The second-order valence-electron chi connectivity index (χ2n) is 9.50. The SMILES string of the molecule is Cc1ccc(S(=O)(=O)N(CC(=O)NC2CC(C)(C)Oc3ccc(C)cc32)c2ccccc2Cl)cc1. The molecular weight excluding hydrogens is 484 g/mol. The van der Waals surface area contributed by atoms with E-state index < -0.39 is 28.1 Å². The predicted molar refractivity (Wildman–Crippen MR) is 139 cm³/mol. The Morgan fingerprint density at radius 2 is 1.71 bits per heavy atom. The highest BCUT2D eigenvalue weighted by Crippen LogP contribution is 2.40. The fourth-order valence-corrected chi connectivity index (χ4v) is 5.99. The Hall–Kier alpha value is -3.03. The summed E-state index contributed by atoms with van der Waals surface area (Å²) in [6, 6.07) is 18.7. The summed E-state index contributed by atoms with van der Waals surface area (Å²) in [5.74, 6) is 0.281. The molecule has 35 heavy (non-hydrogen) atoms. The lowest BCUT2D eigenvalue weighted by atomic mass is 9.89. The van der Waals surface area contributed by atoms with Crippen LogP contribution in [0.3, 0.4) is 0 Å². The third-order valence-corrected chi connectivity index (χ3v) is 8.07. The van der Waals surface area contributed by atoms with Gasteiger partial charge in [0.05, 0.1) is 21.6 Å². The number of anilines is 1. The molecule has 4 rings (SSSR count). The van der Waals surface area contributed by atoms with Crippen molar-refractivity contribution in [3.8, 4) is 5.75 Å². The largest absolute Gasteiger partial charge is 0.487 e. The molecule has 0 radical (unpaired) electrons. The van der Waals surface area contributed by atoms with E-state index in [4.69, 9.17) is 16.3 Å². The van der Waals surface area contributed by atoms with Gasteiger partial charge in [-0.2, -0.15) is 0 Å². The standard InChI is InChI=1S/C27H29ClN2O4S/c1-18-9-12-20(13-10-18)35(32,33)30(24-8-6-5-7-22(24)28)17-26(31)29-23-16-27(3,4)34-25-14-11-19(2)15-21(23)25/h5-15,23H,16-17H2,1-4H3,(H,29,31). The molecule has 0 aromatic heterocycles. The smallest absolute Gasteiger partial charge is 0.264 e. The fraction of sp³-hybridized carbons (Fsp3) is 0.296. The van der Waals surface area contributed by atoms with Crippen molar-refractivity contribution < 1.29 is 17.9 Å². The fourth-order valence-electron chi connectivity index (χ4n) is 4.26. The summed E-state index contributed by atoms with van der Waals surface area (Å²) in [6.45, 7) is 7.37. The Labute approximate surface area is 211 Å². The van der Waals surface area contributed by atoms with Crippen molar-refractivity contribution in [1.82, 2.24) is 5.32 Å². The normalized spacial score (nSPS) is 16.7. The Bertz CT molecular complexity index is 1350. The molecule has 0 saturated heterocycles. The van der Waals surface area contributed by atoms with E-state index in [2.05, 4.69) is 5.32 Å². The molecule has 3 aromatic rings. The van der Waals surface area contributed by atoms with Crippen LogP contribution in [-0.2, 0) is 14.8 Å². The molecule has 1 aliphatic heterocycles. The molecule has 1 amide bonds. The zero-order valence-electron chi connectivity index (χ0n) is 20.2. The van der Waals surface area contributed by atoms with Gasteiger partial charge in [0.25, 0.3) is 10.0 Å². The summed E-state index contributed by atoms with van der Waals surface area (Å²) in [6.07, 6.45) is 0.548. The van der Waals surface area contributed by atoms with E-state index in [0.29, 0.717) is 12.2 Å². The van der Waals surface area contributed by atoms with Gasteiger partial charge in [-0.1, -0.05) is 59.1 Å². The van der Waals surface area contributed by atoms with Crippen LogP contribution in [-0.4, -0.2) is 26.5 Å². The number of sulfonamides is 1. The minimum absolute atomic E-state index is 0.0870. The molecule has 0 saturated carbocycles. The van der Waals surface area contributed by atoms with E-state index in [1.54, 1.807) is 36.4 Å². The number of fused-ring (bicyclic) bond motifs is 1. The first kappa shape index (κ1) is 25.1. The number of carbonyl (C=O) groups excluding carboxylic acids is 1. The number of hydrogen-bond acceptors (Lipinski definition) is 4. The number of halogens is 1. The highest BCUT2D eigenvalue weighted by Gasteiger charge is 2.36. The van der Waals surface area contributed by atoms with Gasteiger partial charge in [0.15, 0.2) is 0 Å². The van der Waals surface area contributed by atoms with Gasteiger partial charge in [-0.3, -0.25) is 9.10 Å². The molecule has 6 nitrogen and oxygen atoms in total. The highest BCUT2D eigenvalue weighted by molar-refractivity contribution is 7.92. The predicted octanol–water partition coefficient (Wildman–Crippen LogP) is 5.57. The van der Waals surface area contributed by atoms with Gasteiger partial charge in [0.2, 0.25) is 5.91 Å². The molecule has 0 bridgehead atoms. The zero-order chi connectivity index (χ0) is 25.4. The van der Waals surface area contributed by atoms with Crippen LogP contribution in [0.25, 0.3) is 0 Å². The summed E-state index contributed by atoms with van der Waals surface area (Å²) in [4.78, 5) is 13.4. The first-order valence-electron chi connectivity index (χ1n) is 11.4. The third kappa shape index (κ3) is 5.46. The summed E-state index contributed by atoms with van der Waals surface area (Å²) in [5, 5.41) is 3.28. The van der Waals surface area contributed by atoms with E-state index in [1.165, 1.54) is 12.1 Å². The maximum atomic E-state index is 13.6. The van der Waals surface area contributed by atoms with Gasteiger partial charge in [0, 0.05) is 12.0 Å². The lowest BCUT2D eigenvalue weighted by Crippen LogP contribution is -2.45. The van der Waals surface area contributed by atoms with Crippen LogP contribution in [0.4, 0.5) is 5.69 Å². The zero-order valence-corrected chi connectivity index (χ0v) is 21.8. The molecule has 1 heterocycles. The van der Waals surface area contributed by atoms with Gasteiger partial charge in [-0.15, -0.1) is 0 Å². The number of benzene rings is 3. The number of carbonyl (C=O) groups is 1. The van der Waals surface area contributed by atoms with E-state index >= 15 is 0 Å². The molecule has 184 valence electrons. The summed E-state index contributed by atoms with van der Waals surface area (Å²) < 4.78 is 34.4. The number of nitrogens with zero attached hydrogens (tertiary/aromatic N) is 1. The van der Waals surface area contributed by atoms with Crippen molar-refractivity contribution in [2.75, 3.05) is 10.8 Å². The molecule has 3 aromatic carbocycles. The molecule has 8 heteroatoms. The number of para-hydroxylation sites is 1. The van der Waals surface area contributed by atoms with Crippen LogP contribution in [0.15, 0.2) is 71.6 Å². The van der Waals surface area contributed by atoms with E-state index in [0.717, 1.165) is 21.0 Å². The average molecular weight is 513 g/mol. The maximum Gasteiger partial charge on any atom is 0.264 e. The van der Waals surface area contributed by atoms with Crippen molar-refractivity contribution in [2.24, 2.45) is 0 Å². The van der Waals surface area contributed by atoms with Crippen LogP contribution < -0.4 is 14.4 Å². The van der Waals surface area contributed by atoms with E-state index in [9.17, 15) is 13.2 Å². The van der Waals surface area contributed by atoms with Crippen molar-refractivity contribution in [2.45, 2.75) is 50.7 Å². The first-order valence-corrected chi connectivity index (χ1v) is 13.2. The monoisotopic (exact) mass is 512 g/mol. The molecule has 1 atom stereocenters. The van der Waals surface area contributed by atoms with E-state index in [-0.39, 0.29) is 21.6 Å². The van der Waals surface area contributed by atoms with Crippen molar-refractivity contribution in [1.29, 1.82) is 0 Å². The van der Waals surface area contributed by atoms with Crippen molar-refractivity contribution in [3.05, 3.63) is 88.4 Å². The minimum Gasteiger partial charge on any atom is -0.487 e. The number of aryl methyl sites for hydroxylation is 2. The van der Waals surface area contributed by atoms with Gasteiger partial charge >= 0.3 is 0 Å². The number of rotatable bonds is 6. The second-order valence-corrected chi connectivity index (χ2v) is 11.8. The topological polar surface area (TPSA) is 75.7 Å². The number of ether oxygens (including phenoxy) is 1. The van der Waals surface area contributed by atoms with Crippen molar-refractivity contribution in [3.63, 3.8) is 0 Å². The Balaban J connectivity index is 1.67. The summed E-state index contributed by atoms with van der Waals surface area (Å²) in [5.41, 5.74) is 2.61. The third-order valence-electron chi connectivity index (χ3n) is 5.98. The molecule has 1 N–H and O–H groups in total. The van der Waals surface area contributed by atoms with Gasteiger partial charge in [-0.05, 0) is 58.0 Å². The van der Waals surface area contributed by atoms with Crippen LogP contribution in [0, 0.1) is 13.8 Å². The lowest BCUT2D eigenvalue weighted by molar-refractivity contribution is -0.120. The first-order chi connectivity index (χ1) is 16.5. The van der Waals surface area contributed by atoms with E-state index in [1.807, 2.05) is 45.9 Å². The minimum atomic E-state index is -4.06. The molecular formula is C27H29ClN2O4S. The van der Waals surface area contributed by atoms with Crippen LogP contribution >= 0.6 is 11.6 Å². The Morgan fingerprint density at radius 1 is 1.06 bits per heavy atom. The van der Waals surface area contributed by atoms with Crippen LogP contribution in [0.1, 0.15) is 43.0 Å². The lowest BCUT2D eigenvalue weighted by Gasteiger charge is -2.38. The van der Waals surface area contributed by atoms with Gasteiger partial charge in [-0.25, -0.2) is 8.42 Å².